The molecule has 0 aromatic heterocycles. The number of nitrogens with two attached hydrogens (primary N) is 1. The number of aliphatic hydroxyl groups is 1. The Hall–Kier alpha value is -0.860. The van der Waals surface area contributed by atoms with E-state index in [0.29, 0.717) is 5.92 Å². The van der Waals surface area contributed by atoms with Crippen LogP contribution in [0.4, 0.5) is 0 Å². The fraction of sp³-hybridized carbons (Fsp3) is 0.455. The van der Waals surface area contributed by atoms with Crippen LogP contribution in [0, 0.1) is 0 Å². The number of benzene rings is 1. The van der Waals surface area contributed by atoms with E-state index in [9.17, 15) is 5.11 Å². The second kappa shape index (κ2) is 4.40. The van der Waals surface area contributed by atoms with E-state index in [-0.39, 0.29) is 6.54 Å². The molecule has 0 saturated carbocycles. The highest BCUT2D eigenvalue weighted by Crippen LogP contribution is 2.23. The topological polar surface area (TPSA) is 46.2 Å². The molecule has 0 radical (unpaired) electrons. The molecule has 1 aromatic rings. The van der Waals surface area contributed by atoms with Crippen LogP contribution in [0.2, 0.25) is 0 Å². The van der Waals surface area contributed by atoms with Gasteiger partial charge in [0.25, 0.3) is 0 Å². The summed E-state index contributed by atoms with van der Waals surface area (Å²) < 4.78 is 0. The normalized spacial score (nSPS) is 13.3. The quantitative estimate of drug-likeness (QED) is 0.743. The predicted octanol–water partition coefficient (Wildman–Crippen LogP) is 1.80. The maximum absolute atomic E-state index is 9.63. The molecule has 0 bridgehead atoms. The average molecular weight is 179 g/mol. The van der Waals surface area contributed by atoms with E-state index in [1.54, 1.807) is 0 Å². The Morgan fingerprint density at radius 2 is 1.77 bits per heavy atom. The monoisotopic (exact) mass is 179 g/mol. The predicted molar refractivity (Wildman–Crippen MR) is 54.5 cm³/mol. The molecule has 0 aliphatic rings. The highest BCUT2D eigenvalue weighted by molar-refractivity contribution is 5.31. The van der Waals surface area contributed by atoms with E-state index in [0.717, 1.165) is 5.56 Å². The third-order valence-corrected chi connectivity index (χ3v) is 2.20. The van der Waals surface area contributed by atoms with Crippen LogP contribution >= 0.6 is 0 Å². The first kappa shape index (κ1) is 10.2. The molecule has 1 unspecified atom stereocenters. The van der Waals surface area contributed by atoms with Crippen LogP contribution in [0.15, 0.2) is 24.3 Å². The lowest BCUT2D eigenvalue weighted by atomic mass is 9.94. The molecule has 72 valence electrons. The first-order valence-corrected chi connectivity index (χ1v) is 4.63. The summed E-state index contributed by atoms with van der Waals surface area (Å²) in [6.07, 6.45) is -0.529. The van der Waals surface area contributed by atoms with Crippen LogP contribution in [-0.4, -0.2) is 11.7 Å². The summed E-state index contributed by atoms with van der Waals surface area (Å²) >= 11 is 0. The Kier molecular flexibility index (Phi) is 3.46. The van der Waals surface area contributed by atoms with Gasteiger partial charge in [0.05, 0.1) is 6.10 Å². The van der Waals surface area contributed by atoms with Crippen molar-refractivity contribution in [2.45, 2.75) is 25.9 Å². The molecule has 3 N–H and O–H groups in total. The van der Waals surface area contributed by atoms with Gasteiger partial charge in [-0.1, -0.05) is 38.1 Å². The highest BCUT2D eigenvalue weighted by Gasteiger charge is 2.11. The van der Waals surface area contributed by atoms with Crippen molar-refractivity contribution in [3.05, 3.63) is 35.4 Å². The number of hydrogen-bond acceptors (Lipinski definition) is 2. The minimum Gasteiger partial charge on any atom is -0.387 e. The molecule has 0 fully saturated rings. The minimum atomic E-state index is -0.529. The van der Waals surface area contributed by atoms with Gasteiger partial charge in [0, 0.05) is 6.54 Å². The fourth-order valence-corrected chi connectivity index (χ4v) is 1.47. The van der Waals surface area contributed by atoms with Gasteiger partial charge in [-0.3, -0.25) is 0 Å². The molecule has 0 heterocycles. The lowest BCUT2D eigenvalue weighted by Crippen LogP contribution is -2.13. The number of aliphatic hydroxyl groups excluding tert-OH is 1. The van der Waals surface area contributed by atoms with Gasteiger partial charge < -0.3 is 10.8 Å². The molecule has 0 amide bonds. The van der Waals surface area contributed by atoms with Gasteiger partial charge >= 0.3 is 0 Å². The smallest absolute Gasteiger partial charge is 0.0914 e. The zero-order chi connectivity index (χ0) is 9.84. The third kappa shape index (κ3) is 2.29. The van der Waals surface area contributed by atoms with Gasteiger partial charge in [-0.2, -0.15) is 0 Å². The molecular formula is C11H17NO. The zero-order valence-electron chi connectivity index (χ0n) is 8.20. The van der Waals surface area contributed by atoms with Crippen molar-refractivity contribution in [1.82, 2.24) is 0 Å². The molecule has 0 saturated heterocycles. The van der Waals surface area contributed by atoms with Crippen molar-refractivity contribution in [2.24, 2.45) is 5.73 Å². The van der Waals surface area contributed by atoms with Crippen molar-refractivity contribution in [2.75, 3.05) is 6.54 Å². The van der Waals surface area contributed by atoms with E-state index in [1.165, 1.54) is 5.56 Å². The summed E-state index contributed by atoms with van der Waals surface area (Å²) in [5, 5.41) is 9.63. The molecule has 13 heavy (non-hydrogen) atoms. The van der Waals surface area contributed by atoms with E-state index in [2.05, 4.69) is 13.8 Å². The molecule has 1 atom stereocenters. The first-order chi connectivity index (χ1) is 6.16. The summed E-state index contributed by atoms with van der Waals surface area (Å²) in [4.78, 5) is 0. The van der Waals surface area contributed by atoms with Crippen LogP contribution in [0.25, 0.3) is 0 Å². The van der Waals surface area contributed by atoms with Gasteiger partial charge in [-0.15, -0.1) is 0 Å². The molecule has 2 heteroatoms. The Balaban J connectivity index is 3.04. The summed E-state index contributed by atoms with van der Waals surface area (Å²) in [7, 11) is 0. The van der Waals surface area contributed by atoms with Crippen molar-refractivity contribution in [1.29, 1.82) is 0 Å². The Labute approximate surface area is 79.4 Å². The summed E-state index contributed by atoms with van der Waals surface area (Å²) in [5.74, 6) is 0.428. The van der Waals surface area contributed by atoms with E-state index >= 15 is 0 Å². The third-order valence-electron chi connectivity index (χ3n) is 2.20. The van der Waals surface area contributed by atoms with Crippen molar-refractivity contribution < 1.29 is 5.11 Å². The average Bonchev–Trinajstić information content (AvgIpc) is 2.16. The molecule has 1 aromatic carbocycles. The van der Waals surface area contributed by atoms with Crippen LogP contribution < -0.4 is 5.73 Å². The molecule has 0 spiro atoms. The summed E-state index contributed by atoms with van der Waals surface area (Å²) in [6.45, 7) is 4.51. The van der Waals surface area contributed by atoms with Crippen LogP contribution in [0.3, 0.4) is 0 Å². The second-order valence-corrected chi connectivity index (χ2v) is 3.54. The second-order valence-electron chi connectivity index (χ2n) is 3.54. The van der Waals surface area contributed by atoms with Crippen LogP contribution in [0.5, 0.6) is 0 Å². The standard InChI is InChI=1S/C11H17NO/c1-8(2)9-5-3-4-6-10(9)11(13)7-12/h3-6,8,11,13H,7,12H2,1-2H3. The van der Waals surface area contributed by atoms with Gasteiger partial charge in [-0.25, -0.2) is 0 Å². The van der Waals surface area contributed by atoms with E-state index in [1.807, 2.05) is 24.3 Å². The highest BCUT2D eigenvalue weighted by atomic mass is 16.3. The number of rotatable bonds is 3. The molecule has 0 aliphatic carbocycles. The zero-order valence-corrected chi connectivity index (χ0v) is 8.20. The van der Waals surface area contributed by atoms with Crippen LogP contribution in [0.1, 0.15) is 37.0 Å². The SMILES string of the molecule is CC(C)c1ccccc1C(O)CN. The molecule has 1 rings (SSSR count). The van der Waals surface area contributed by atoms with Gasteiger partial charge in [0.15, 0.2) is 0 Å². The Bertz CT molecular complexity index is 271. The van der Waals surface area contributed by atoms with Gasteiger partial charge in [-0.05, 0) is 17.0 Å². The molecule has 2 nitrogen and oxygen atoms in total. The fourth-order valence-electron chi connectivity index (χ4n) is 1.47. The first-order valence-electron chi connectivity index (χ1n) is 4.63. The number of hydrogen-bond donors (Lipinski definition) is 2. The minimum absolute atomic E-state index is 0.281. The van der Waals surface area contributed by atoms with Crippen molar-refractivity contribution in [3.8, 4) is 0 Å². The van der Waals surface area contributed by atoms with Crippen molar-refractivity contribution in [3.63, 3.8) is 0 Å². The van der Waals surface area contributed by atoms with Crippen molar-refractivity contribution >= 4 is 0 Å². The van der Waals surface area contributed by atoms with Gasteiger partial charge in [0.1, 0.15) is 0 Å². The summed E-state index contributed by atoms with van der Waals surface area (Å²) in [6, 6.07) is 7.90. The Morgan fingerprint density at radius 1 is 1.23 bits per heavy atom. The maximum Gasteiger partial charge on any atom is 0.0914 e. The van der Waals surface area contributed by atoms with E-state index < -0.39 is 6.10 Å². The molecule has 0 aliphatic heterocycles. The van der Waals surface area contributed by atoms with Crippen LogP contribution in [-0.2, 0) is 0 Å². The van der Waals surface area contributed by atoms with E-state index in [4.69, 9.17) is 5.73 Å². The Morgan fingerprint density at radius 3 is 2.23 bits per heavy atom. The maximum atomic E-state index is 9.63. The van der Waals surface area contributed by atoms with Gasteiger partial charge in [0.2, 0.25) is 0 Å². The largest absolute Gasteiger partial charge is 0.387 e. The lowest BCUT2D eigenvalue weighted by molar-refractivity contribution is 0.185. The molecular weight excluding hydrogens is 162 g/mol. The lowest BCUT2D eigenvalue weighted by Gasteiger charge is -2.16. The summed E-state index contributed by atoms with van der Waals surface area (Å²) in [5.41, 5.74) is 7.56.